The quantitative estimate of drug-likeness (QED) is 0.613. The van der Waals surface area contributed by atoms with Gasteiger partial charge < -0.3 is 4.90 Å². The Morgan fingerprint density at radius 3 is 2.23 bits per heavy atom. The molecule has 0 spiro atoms. The lowest BCUT2D eigenvalue weighted by Crippen LogP contribution is -2.40. The molecule has 5 nitrogen and oxygen atoms in total. The summed E-state index contributed by atoms with van der Waals surface area (Å²) in [6.45, 7) is 2.02. The Morgan fingerprint density at radius 2 is 1.55 bits per heavy atom. The Labute approximate surface area is 185 Å². The molecule has 1 heterocycles. The van der Waals surface area contributed by atoms with Crippen LogP contribution < -0.4 is 9.62 Å². The van der Waals surface area contributed by atoms with Crippen LogP contribution in [0, 0.1) is 0 Å². The van der Waals surface area contributed by atoms with Gasteiger partial charge in [-0.05, 0) is 47.4 Å². The first-order valence-corrected chi connectivity index (χ1v) is 12.1. The van der Waals surface area contributed by atoms with E-state index in [0.717, 1.165) is 30.8 Å². The van der Waals surface area contributed by atoms with Crippen molar-refractivity contribution < 1.29 is 8.42 Å². The number of anilines is 1. The van der Waals surface area contributed by atoms with Gasteiger partial charge in [0.1, 0.15) is 0 Å². The van der Waals surface area contributed by atoms with Crippen molar-refractivity contribution in [1.82, 2.24) is 9.62 Å². The van der Waals surface area contributed by atoms with Gasteiger partial charge in [0.25, 0.3) is 0 Å². The van der Waals surface area contributed by atoms with Gasteiger partial charge in [-0.25, -0.2) is 13.1 Å². The third-order valence-electron chi connectivity index (χ3n) is 5.92. The topological polar surface area (TPSA) is 52.7 Å². The molecule has 0 aromatic heterocycles. The fraction of sp³-hybridized carbons (Fsp3) is 0.280. The summed E-state index contributed by atoms with van der Waals surface area (Å²) in [5, 5.41) is 0. The lowest BCUT2D eigenvalue weighted by atomic mass is 9.96. The third-order valence-corrected chi connectivity index (χ3v) is 7.35. The number of nitrogens with zero attached hydrogens (tertiary/aromatic N) is 2. The highest BCUT2D eigenvalue weighted by Gasteiger charge is 2.26. The average molecular weight is 436 g/mol. The van der Waals surface area contributed by atoms with E-state index in [0.29, 0.717) is 11.4 Å². The van der Waals surface area contributed by atoms with Crippen molar-refractivity contribution in [2.24, 2.45) is 0 Å². The molecule has 0 fully saturated rings. The van der Waals surface area contributed by atoms with Gasteiger partial charge in [-0.2, -0.15) is 0 Å². The number of rotatable bonds is 7. The predicted molar refractivity (Wildman–Crippen MR) is 126 cm³/mol. The molecule has 1 aliphatic rings. The summed E-state index contributed by atoms with van der Waals surface area (Å²) >= 11 is 0. The lowest BCUT2D eigenvalue weighted by molar-refractivity contribution is 0.180. The molecule has 0 radical (unpaired) electrons. The van der Waals surface area contributed by atoms with Crippen LogP contribution in [0.25, 0.3) is 0 Å². The van der Waals surface area contributed by atoms with Crippen molar-refractivity contribution in [3.05, 3.63) is 95.6 Å². The zero-order chi connectivity index (χ0) is 21.8. The number of fused-ring (bicyclic) bond motifs is 1. The Balaban J connectivity index is 1.60. The molecule has 0 saturated carbocycles. The standard InChI is InChI=1S/C25H29N3O2S/c1-27(2)23-14-12-21(13-15-23)25(18-26-31(29,30)24-10-4-3-5-11-24)28-17-16-20-8-6-7-9-22(20)19-28/h3-15,25-26H,16-19H2,1-2H3. The van der Waals surface area contributed by atoms with Crippen molar-refractivity contribution in [3.63, 3.8) is 0 Å². The summed E-state index contributed by atoms with van der Waals surface area (Å²) in [4.78, 5) is 4.73. The fourth-order valence-electron chi connectivity index (χ4n) is 4.11. The second-order valence-electron chi connectivity index (χ2n) is 8.16. The zero-order valence-electron chi connectivity index (χ0n) is 18.0. The fourth-order valence-corrected chi connectivity index (χ4v) is 5.17. The van der Waals surface area contributed by atoms with E-state index >= 15 is 0 Å². The second-order valence-corrected chi connectivity index (χ2v) is 9.92. The molecule has 1 unspecified atom stereocenters. The lowest BCUT2D eigenvalue weighted by Gasteiger charge is -2.36. The molecule has 31 heavy (non-hydrogen) atoms. The van der Waals surface area contributed by atoms with Gasteiger partial charge in [0.2, 0.25) is 10.0 Å². The van der Waals surface area contributed by atoms with Gasteiger partial charge in [0.05, 0.1) is 4.90 Å². The first-order chi connectivity index (χ1) is 14.9. The van der Waals surface area contributed by atoms with Crippen molar-refractivity contribution in [1.29, 1.82) is 0 Å². The normalized spacial score (nSPS) is 15.3. The van der Waals surface area contributed by atoms with Gasteiger partial charge in [0, 0.05) is 45.5 Å². The summed E-state index contributed by atoms with van der Waals surface area (Å²) in [6, 6.07) is 25.4. The maximum absolute atomic E-state index is 12.9. The first kappa shape index (κ1) is 21.6. The number of hydrogen-bond donors (Lipinski definition) is 1. The van der Waals surface area contributed by atoms with Crippen molar-refractivity contribution in [3.8, 4) is 0 Å². The minimum atomic E-state index is -3.57. The van der Waals surface area contributed by atoms with Gasteiger partial charge in [-0.3, -0.25) is 4.90 Å². The molecule has 0 bridgehead atoms. The molecule has 0 saturated heterocycles. The van der Waals surface area contributed by atoms with Crippen LogP contribution in [0.2, 0.25) is 0 Å². The highest BCUT2D eigenvalue weighted by atomic mass is 32.2. The zero-order valence-corrected chi connectivity index (χ0v) is 18.8. The number of nitrogens with one attached hydrogen (secondary N) is 1. The van der Waals surface area contributed by atoms with Crippen LogP contribution in [0.1, 0.15) is 22.7 Å². The maximum atomic E-state index is 12.9. The molecule has 4 rings (SSSR count). The minimum Gasteiger partial charge on any atom is -0.378 e. The van der Waals surface area contributed by atoms with Gasteiger partial charge >= 0.3 is 0 Å². The average Bonchev–Trinajstić information content (AvgIpc) is 2.80. The largest absolute Gasteiger partial charge is 0.378 e. The molecule has 3 aromatic rings. The maximum Gasteiger partial charge on any atom is 0.240 e. The van der Waals surface area contributed by atoms with Crippen LogP contribution in [0.3, 0.4) is 0 Å². The van der Waals surface area contributed by atoms with Crippen LogP contribution in [-0.2, 0) is 23.0 Å². The van der Waals surface area contributed by atoms with Gasteiger partial charge in [-0.1, -0.05) is 54.6 Å². The van der Waals surface area contributed by atoms with Crippen LogP contribution in [0.15, 0.2) is 83.8 Å². The van der Waals surface area contributed by atoms with Crippen LogP contribution >= 0.6 is 0 Å². The van der Waals surface area contributed by atoms with Crippen LogP contribution in [0.4, 0.5) is 5.69 Å². The Bertz CT molecular complexity index is 1110. The molecule has 1 aliphatic heterocycles. The van der Waals surface area contributed by atoms with E-state index in [2.05, 4.69) is 63.1 Å². The minimum absolute atomic E-state index is 0.0527. The molecular formula is C25H29N3O2S. The van der Waals surface area contributed by atoms with E-state index in [1.807, 2.05) is 20.2 Å². The second kappa shape index (κ2) is 9.22. The molecule has 0 aliphatic carbocycles. The van der Waals surface area contributed by atoms with Crippen LogP contribution in [-0.4, -0.2) is 40.5 Å². The van der Waals surface area contributed by atoms with Gasteiger partial charge in [0.15, 0.2) is 0 Å². The molecule has 0 amide bonds. The first-order valence-electron chi connectivity index (χ1n) is 10.6. The molecular weight excluding hydrogens is 406 g/mol. The molecule has 3 aromatic carbocycles. The van der Waals surface area contributed by atoms with E-state index in [4.69, 9.17) is 0 Å². The molecule has 6 heteroatoms. The summed E-state index contributed by atoms with van der Waals surface area (Å²) in [6.07, 6.45) is 0.966. The number of sulfonamides is 1. The SMILES string of the molecule is CN(C)c1ccc(C(CNS(=O)(=O)c2ccccc2)N2CCc3ccccc3C2)cc1. The summed E-state index contributed by atoms with van der Waals surface area (Å²) < 4.78 is 28.6. The van der Waals surface area contributed by atoms with Crippen LogP contribution in [0.5, 0.6) is 0 Å². The Kier molecular flexibility index (Phi) is 6.41. The smallest absolute Gasteiger partial charge is 0.240 e. The van der Waals surface area contributed by atoms with Gasteiger partial charge in [-0.15, -0.1) is 0 Å². The van der Waals surface area contributed by atoms with E-state index < -0.39 is 10.0 Å². The predicted octanol–water partition coefficient (Wildman–Crippen LogP) is 3.83. The highest BCUT2D eigenvalue weighted by molar-refractivity contribution is 7.89. The van der Waals surface area contributed by atoms with Crippen molar-refractivity contribution >= 4 is 15.7 Å². The highest BCUT2D eigenvalue weighted by Crippen LogP contribution is 2.29. The third kappa shape index (κ3) is 4.98. The number of hydrogen-bond acceptors (Lipinski definition) is 4. The summed E-state index contributed by atoms with van der Waals surface area (Å²) in [5.74, 6) is 0. The Hall–Kier alpha value is -2.67. The number of benzene rings is 3. The molecule has 1 N–H and O–H groups in total. The molecule has 1 atom stereocenters. The van der Waals surface area contributed by atoms with Crippen molar-refractivity contribution in [2.75, 3.05) is 32.1 Å². The molecule has 162 valence electrons. The van der Waals surface area contributed by atoms with E-state index in [-0.39, 0.29) is 6.04 Å². The van der Waals surface area contributed by atoms with E-state index in [1.165, 1.54) is 11.1 Å². The van der Waals surface area contributed by atoms with E-state index in [1.54, 1.807) is 24.3 Å². The van der Waals surface area contributed by atoms with E-state index in [9.17, 15) is 8.42 Å². The monoisotopic (exact) mass is 435 g/mol. The van der Waals surface area contributed by atoms with Crippen molar-refractivity contribution in [2.45, 2.75) is 23.9 Å². The Morgan fingerprint density at radius 1 is 0.903 bits per heavy atom. The summed E-state index contributed by atoms with van der Waals surface area (Å²) in [7, 11) is 0.463. The summed E-state index contributed by atoms with van der Waals surface area (Å²) in [5.41, 5.74) is 4.93.